The molecular formula is C14H19N3O. The lowest BCUT2D eigenvalue weighted by Gasteiger charge is -2.27. The van der Waals surface area contributed by atoms with Gasteiger partial charge in [-0.3, -0.25) is 4.90 Å². The Morgan fingerprint density at radius 3 is 2.78 bits per heavy atom. The number of hydrogen-bond donors (Lipinski definition) is 2. The summed E-state index contributed by atoms with van der Waals surface area (Å²) in [6.07, 6.45) is 0. The first kappa shape index (κ1) is 11.6. The molecule has 0 spiro atoms. The second-order valence-corrected chi connectivity index (χ2v) is 4.96. The van der Waals surface area contributed by atoms with Crippen molar-refractivity contribution in [1.82, 2.24) is 14.8 Å². The molecule has 1 fully saturated rings. The van der Waals surface area contributed by atoms with Gasteiger partial charge in [0.15, 0.2) is 0 Å². The first-order valence-electron chi connectivity index (χ1n) is 6.44. The zero-order chi connectivity index (χ0) is 12.5. The third-order valence-corrected chi connectivity index (χ3v) is 3.72. The molecule has 2 aromatic rings. The lowest BCUT2D eigenvalue weighted by molar-refractivity contribution is 0.229. The van der Waals surface area contributed by atoms with E-state index < -0.39 is 0 Å². The maximum absolute atomic E-state index is 9.52. The molecule has 3 rings (SSSR count). The normalized spacial score (nSPS) is 17.4. The van der Waals surface area contributed by atoms with Crippen molar-refractivity contribution in [3.8, 4) is 5.75 Å². The zero-order valence-corrected chi connectivity index (χ0v) is 10.7. The van der Waals surface area contributed by atoms with Crippen molar-refractivity contribution in [2.75, 3.05) is 26.2 Å². The Morgan fingerprint density at radius 2 is 2.00 bits per heavy atom. The molecule has 1 aromatic carbocycles. The molecule has 0 saturated carbocycles. The fraction of sp³-hybridized carbons (Fsp3) is 0.429. The number of aryl methyl sites for hydroxylation is 1. The molecular weight excluding hydrogens is 226 g/mol. The molecule has 2 heterocycles. The highest BCUT2D eigenvalue weighted by atomic mass is 16.3. The van der Waals surface area contributed by atoms with Gasteiger partial charge in [-0.25, -0.2) is 0 Å². The molecule has 0 unspecified atom stereocenters. The molecule has 0 aliphatic carbocycles. The van der Waals surface area contributed by atoms with E-state index in [4.69, 9.17) is 0 Å². The van der Waals surface area contributed by atoms with E-state index in [0.717, 1.165) is 38.1 Å². The van der Waals surface area contributed by atoms with Gasteiger partial charge in [0.25, 0.3) is 0 Å². The number of hydrogen-bond acceptors (Lipinski definition) is 3. The van der Waals surface area contributed by atoms with Gasteiger partial charge >= 0.3 is 0 Å². The molecule has 1 aromatic heterocycles. The number of piperazine rings is 1. The first-order valence-corrected chi connectivity index (χ1v) is 6.44. The Labute approximate surface area is 107 Å². The number of aromatic nitrogens is 1. The number of rotatable bonds is 2. The predicted octanol–water partition coefficient (Wildman–Crippen LogP) is 1.29. The van der Waals surface area contributed by atoms with Gasteiger partial charge in [-0.15, -0.1) is 0 Å². The quantitative estimate of drug-likeness (QED) is 0.837. The van der Waals surface area contributed by atoms with E-state index in [-0.39, 0.29) is 0 Å². The largest absolute Gasteiger partial charge is 0.508 e. The monoisotopic (exact) mass is 245 g/mol. The SMILES string of the molecule is Cn1c(CN2CCNCC2)cc2cc(O)ccc21. The van der Waals surface area contributed by atoms with Gasteiger partial charge < -0.3 is 15.0 Å². The minimum Gasteiger partial charge on any atom is -0.508 e. The van der Waals surface area contributed by atoms with E-state index >= 15 is 0 Å². The van der Waals surface area contributed by atoms with Crippen LogP contribution in [0.4, 0.5) is 0 Å². The summed E-state index contributed by atoms with van der Waals surface area (Å²) in [5.74, 6) is 0.335. The lowest BCUT2D eigenvalue weighted by Crippen LogP contribution is -2.43. The van der Waals surface area contributed by atoms with Crippen LogP contribution >= 0.6 is 0 Å². The minimum atomic E-state index is 0.335. The average molecular weight is 245 g/mol. The topological polar surface area (TPSA) is 40.4 Å². The Kier molecular flexibility index (Phi) is 2.97. The smallest absolute Gasteiger partial charge is 0.116 e. The first-order chi connectivity index (χ1) is 8.74. The van der Waals surface area contributed by atoms with Crippen LogP contribution in [0, 0.1) is 0 Å². The number of phenols is 1. The zero-order valence-electron chi connectivity index (χ0n) is 10.7. The van der Waals surface area contributed by atoms with E-state index in [0.29, 0.717) is 5.75 Å². The number of benzene rings is 1. The molecule has 0 atom stereocenters. The number of nitrogens with zero attached hydrogens (tertiary/aromatic N) is 2. The van der Waals surface area contributed by atoms with Gasteiger partial charge in [-0.1, -0.05) is 0 Å². The molecule has 2 N–H and O–H groups in total. The van der Waals surface area contributed by atoms with Crippen molar-refractivity contribution in [3.05, 3.63) is 30.0 Å². The van der Waals surface area contributed by atoms with Crippen molar-refractivity contribution in [1.29, 1.82) is 0 Å². The van der Waals surface area contributed by atoms with Crippen LogP contribution in [-0.4, -0.2) is 40.8 Å². The van der Waals surface area contributed by atoms with Crippen molar-refractivity contribution < 1.29 is 5.11 Å². The summed E-state index contributed by atoms with van der Waals surface area (Å²) in [6.45, 7) is 5.34. The molecule has 0 amide bonds. The highest BCUT2D eigenvalue weighted by molar-refractivity contribution is 5.82. The predicted molar refractivity (Wildman–Crippen MR) is 72.7 cm³/mol. The summed E-state index contributed by atoms with van der Waals surface area (Å²) >= 11 is 0. The van der Waals surface area contributed by atoms with E-state index in [1.54, 1.807) is 6.07 Å². The maximum atomic E-state index is 9.52. The maximum Gasteiger partial charge on any atom is 0.116 e. The fourth-order valence-electron chi connectivity index (χ4n) is 2.64. The molecule has 1 aliphatic rings. The minimum absolute atomic E-state index is 0.335. The highest BCUT2D eigenvalue weighted by Crippen LogP contribution is 2.23. The molecule has 4 heteroatoms. The van der Waals surface area contributed by atoms with E-state index in [2.05, 4.69) is 27.9 Å². The van der Waals surface area contributed by atoms with E-state index in [1.807, 2.05) is 12.1 Å². The average Bonchev–Trinajstić information content (AvgIpc) is 2.67. The Balaban J connectivity index is 1.89. The second kappa shape index (κ2) is 4.63. The van der Waals surface area contributed by atoms with Gasteiger partial charge in [0.05, 0.1) is 0 Å². The van der Waals surface area contributed by atoms with Crippen molar-refractivity contribution >= 4 is 10.9 Å². The van der Waals surface area contributed by atoms with E-state index in [1.165, 1.54) is 11.2 Å². The standard InChI is InChI=1S/C14H19N3O/c1-16-12(10-17-6-4-15-5-7-17)8-11-9-13(18)2-3-14(11)16/h2-3,8-9,15,18H,4-7,10H2,1H3. The van der Waals surface area contributed by atoms with E-state index in [9.17, 15) is 5.11 Å². The van der Waals surface area contributed by atoms with Crippen LogP contribution in [0.5, 0.6) is 5.75 Å². The van der Waals surface area contributed by atoms with Gasteiger partial charge in [0, 0.05) is 56.4 Å². The highest BCUT2D eigenvalue weighted by Gasteiger charge is 2.13. The van der Waals surface area contributed by atoms with Crippen molar-refractivity contribution in [2.24, 2.45) is 7.05 Å². The Morgan fingerprint density at radius 1 is 1.22 bits per heavy atom. The van der Waals surface area contributed by atoms with Crippen LogP contribution in [0.15, 0.2) is 24.3 Å². The Hall–Kier alpha value is -1.52. The van der Waals surface area contributed by atoms with Crippen molar-refractivity contribution in [2.45, 2.75) is 6.54 Å². The van der Waals surface area contributed by atoms with Gasteiger partial charge in [-0.05, 0) is 24.3 Å². The summed E-state index contributed by atoms with van der Waals surface area (Å²) < 4.78 is 2.22. The summed E-state index contributed by atoms with van der Waals surface area (Å²) in [7, 11) is 2.09. The Bertz CT molecular complexity index is 555. The lowest BCUT2D eigenvalue weighted by atomic mass is 10.2. The molecule has 4 nitrogen and oxygen atoms in total. The number of fused-ring (bicyclic) bond motifs is 1. The molecule has 0 bridgehead atoms. The third kappa shape index (κ3) is 2.09. The van der Waals surface area contributed by atoms with Crippen LogP contribution in [0.3, 0.4) is 0 Å². The molecule has 96 valence electrons. The van der Waals surface area contributed by atoms with Crippen LogP contribution < -0.4 is 5.32 Å². The number of nitrogens with one attached hydrogen (secondary N) is 1. The number of aromatic hydroxyl groups is 1. The second-order valence-electron chi connectivity index (χ2n) is 4.96. The summed E-state index contributed by atoms with van der Waals surface area (Å²) in [5.41, 5.74) is 2.48. The summed E-state index contributed by atoms with van der Waals surface area (Å²) in [5, 5.41) is 14.0. The number of phenolic OH excluding ortho intramolecular Hbond substituents is 1. The molecule has 18 heavy (non-hydrogen) atoms. The summed E-state index contributed by atoms with van der Waals surface area (Å²) in [4.78, 5) is 2.46. The third-order valence-electron chi connectivity index (χ3n) is 3.72. The van der Waals surface area contributed by atoms with Crippen LogP contribution in [-0.2, 0) is 13.6 Å². The van der Waals surface area contributed by atoms with Crippen LogP contribution in [0.25, 0.3) is 10.9 Å². The molecule has 1 aliphatic heterocycles. The van der Waals surface area contributed by atoms with Gasteiger partial charge in [0.1, 0.15) is 5.75 Å². The van der Waals surface area contributed by atoms with Gasteiger partial charge in [-0.2, -0.15) is 0 Å². The van der Waals surface area contributed by atoms with Gasteiger partial charge in [0.2, 0.25) is 0 Å². The van der Waals surface area contributed by atoms with Crippen LogP contribution in [0.1, 0.15) is 5.69 Å². The fourth-order valence-corrected chi connectivity index (χ4v) is 2.64. The summed E-state index contributed by atoms with van der Waals surface area (Å²) in [6, 6.07) is 7.73. The van der Waals surface area contributed by atoms with Crippen molar-refractivity contribution in [3.63, 3.8) is 0 Å². The van der Waals surface area contributed by atoms with Crippen LogP contribution in [0.2, 0.25) is 0 Å². The molecule has 0 radical (unpaired) electrons. The molecule has 1 saturated heterocycles.